The van der Waals surface area contributed by atoms with Crippen LogP contribution in [-0.4, -0.2) is 32.3 Å². The summed E-state index contributed by atoms with van der Waals surface area (Å²) in [4.78, 5) is 12.0. The Morgan fingerprint density at radius 3 is 2.83 bits per heavy atom. The fourth-order valence-electron chi connectivity index (χ4n) is 3.15. The van der Waals surface area contributed by atoms with Crippen LogP contribution in [-0.2, 0) is 14.9 Å². The molecular formula is C14H17NO3. The van der Waals surface area contributed by atoms with Crippen LogP contribution >= 0.6 is 0 Å². The van der Waals surface area contributed by atoms with Gasteiger partial charge in [-0.05, 0) is 32.0 Å². The second-order valence-electron chi connectivity index (χ2n) is 4.92. The molecule has 1 saturated heterocycles. The zero-order valence-electron chi connectivity index (χ0n) is 10.4. The van der Waals surface area contributed by atoms with Crippen LogP contribution in [0.15, 0.2) is 24.3 Å². The van der Waals surface area contributed by atoms with Crippen LogP contribution in [0.1, 0.15) is 18.4 Å². The summed E-state index contributed by atoms with van der Waals surface area (Å²) in [6.45, 7) is 1.82. The van der Waals surface area contributed by atoms with E-state index in [1.807, 2.05) is 18.2 Å². The maximum atomic E-state index is 12.0. The number of nitrogens with one attached hydrogen (secondary N) is 1. The summed E-state index contributed by atoms with van der Waals surface area (Å²) >= 11 is 0. The quantitative estimate of drug-likeness (QED) is 0.759. The van der Waals surface area contributed by atoms with Crippen molar-refractivity contribution in [3.05, 3.63) is 29.8 Å². The Balaban J connectivity index is 2.06. The van der Waals surface area contributed by atoms with E-state index in [9.17, 15) is 4.79 Å². The van der Waals surface area contributed by atoms with Crippen molar-refractivity contribution in [1.82, 2.24) is 5.32 Å². The number of rotatable bonds is 1. The largest absolute Gasteiger partial charge is 0.477 e. The third-order valence-electron chi connectivity index (χ3n) is 4.08. The normalized spacial score (nSPS) is 24.4. The van der Waals surface area contributed by atoms with Crippen LogP contribution in [0.2, 0.25) is 0 Å². The van der Waals surface area contributed by atoms with E-state index in [4.69, 9.17) is 9.47 Å². The first-order valence-electron chi connectivity index (χ1n) is 6.33. The molecule has 1 spiro atoms. The minimum atomic E-state index is -0.498. The number of fused-ring (bicyclic) bond motifs is 2. The lowest BCUT2D eigenvalue weighted by Crippen LogP contribution is -2.50. The number of carbonyl (C=O) groups is 1. The molecule has 18 heavy (non-hydrogen) atoms. The predicted molar refractivity (Wildman–Crippen MR) is 66.7 cm³/mol. The first-order valence-corrected chi connectivity index (χ1v) is 6.33. The molecule has 0 aromatic heterocycles. The molecule has 4 nitrogen and oxygen atoms in total. The van der Waals surface area contributed by atoms with Crippen molar-refractivity contribution in [3.63, 3.8) is 0 Å². The van der Waals surface area contributed by atoms with E-state index >= 15 is 0 Å². The highest BCUT2D eigenvalue weighted by molar-refractivity contribution is 5.79. The number of carbonyl (C=O) groups excluding carboxylic acids is 1. The number of hydrogen-bond acceptors (Lipinski definition) is 4. The molecule has 2 aliphatic rings. The van der Waals surface area contributed by atoms with E-state index in [1.54, 1.807) is 0 Å². The number of esters is 1. The van der Waals surface area contributed by atoms with Gasteiger partial charge in [0.25, 0.3) is 0 Å². The van der Waals surface area contributed by atoms with Crippen molar-refractivity contribution in [1.29, 1.82) is 0 Å². The SMILES string of the molecule is COC(=O)C1Oc2ccccc2C12CCNCC2. The Morgan fingerprint density at radius 2 is 2.11 bits per heavy atom. The lowest BCUT2D eigenvalue weighted by atomic mass is 9.70. The van der Waals surface area contributed by atoms with Crippen molar-refractivity contribution >= 4 is 5.97 Å². The van der Waals surface area contributed by atoms with Gasteiger partial charge in [-0.1, -0.05) is 18.2 Å². The summed E-state index contributed by atoms with van der Waals surface area (Å²) in [5.41, 5.74) is 0.941. The molecule has 0 amide bonds. The zero-order chi connectivity index (χ0) is 12.6. The van der Waals surface area contributed by atoms with Crippen molar-refractivity contribution in [2.45, 2.75) is 24.4 Å². The molecular weight excluding hydrogens is 230 g/mol. The van der Waals surface area contributed by atoms with Crippen LogP contribution in [0.25, 0.3) is 0 Å². The van der Waals surface area contributed by atoms with E-state index in [1.165, 1.54) is 7.11 Å². The standard InChI is InChI=1S/C14H17NO3/c1-17-13(16)12-14(6-8-15-9-7-14)10-4-2-3-5-11(10)18-12/h2-5,12,15H,6-9H2,1H3. The van der Waals surface area contributed by atoms with E-state index < -0.39 is 6.10 Å². The van der Waals surface area contributed by atoms with Gasteiger partial charge < -0.3 is 14.8 Å². The molecule has 3 rings (SSSR count). The fourth-order valence-corrected chi connectivity index (χ4v) is 3.15. The molecule has 2 heterocycles. The lowest BCUT2D eigenvalue weighted by molar-refractivity contribution is -0.151. The van der Waals surface area contributed by atoms with Gasteiger partial charge in [0.2, 0.25) is 6.10 Å². The van der Waals surface area contributed by atoms with Gasteiger partial charge in [-0.15, -0.1) is 0 Å². The number of para-hydroxylation sites is 1. The summed E-state index contributed by atoms with van der Waals surface area (Å²) < 4.78 is 10.8. The van der Waals surface area contributed by atoms with E-state index in [2.05, 4.69) is 11.4 Å². The van der Waals surface area contributed by atoms with Gasteiger partial charge in [-0.2, -0.15) is 0 Å². The van der Waals surface area contributed by atoms with Gasteiger partial charge in [0, 0.05) is 11.0 Å². The van der Waals surface area contributed by atoms with Crippen LogP contribution in [0, 0.1) is 0 Å². The first kappa shape index (κ1) is 11.5. The first-order chi connectivity index (χ1) is 8.78. The van der Waals surface area contributed by atoms with Crippen molar-refractivity contribution < 1.29 is 14.3 Å². The molecule has 0 saturated carbocycles. The molecule has 0 bridgehead atoms. The van der Waals surface area contributed by atoms with Gasteiger partial charge in [0.05, 0.1) is 7.11 Å². The minimum absolute atomic E-state index is 0.213. The highest BCUT2D eigenvalue weighted by atomic mass is 16.6. The monoisotopic (exact) mass is 247 g/mol. The molecule has 0 aliphatic carbocycles. The van der Waals surface area contributed by atoms with E-state index in [0.29, 0.717) is 0 Å². The van der Waals surface area contributed by atoms with Crippen molar-refractivity contribution in [2.75, 3.05) is 20.2 Å². The molecule has 0 radical (unpaired) electrons. The highest BCUT2D eigenvalue weighted by Gasteiger charge is 2.53. The Labute approximate surface area is 106 Å². The number of piperidine rings is 1. The molecule has 1 unspecified atom stereocenters. The second kappa shape index (κ2) is 4.28. The van der Waals surface area contributed by atoms with Crippen molar-refractivity contribution in [3.8, 4) is 5.75 Å². The average Bonchev–Trinajstić information content (AvgIpc) is 2.74. The smallest absolute Gasteiger partial charge is 0.348 e. The topological polar surface area (TPSA) is 47.6 Å². The summed E-state index contributed by atoms with van der Waals surface area (Å²) in [5.74, 6) is 0.558. The molecule has 1 fully saturated rings. The fraction of sp³-hybridized carbons (Fsp3) is 0.500. The number of benzene rings is 1. The number of methoxy groups -OCH3 is 1. The predicted octanol–water partition coefficient (Wildman–Crippen LogP) is 1.24. The van der Waals surface area contributed by atoms with Gasteiger partial charge in [-0.25, -0.2) is 4.79 Å². The maximum absolute atomic E-state index is 12.0. The molecule has 1 atom stereocenters. The third-order valence-corrected chi connectivity index (χ3v) is 4.08. The minimum Gasteiger partial charge on any atom is -0.477 e. The molecule has 4 heteroatoms. The van der Waals surface area contributed by atoms with Crippen molar-refractivity contribution in [2.24, 2.45) is 0 Å². The van der Waals surface area contributed by atoms with Gasteiger partial charge in [-0.3, -0.25) is 0 Å². The Kier molecular flexibility index (Phi) is 2.74. The van der Waals surface area contributed by atoms with Gasteiger partial charge in [0.1, 0.15) is 5.75 Å². The van der Waals surface area contributed by atoms with Crippen LogP contribution in [0.4, 0.5) is 0 Å². The summed E-state index contributed by atoms with van der Waals surface area (Å²) in [7, 11) is 1.42. The van der Waals surface area contributed by atoms with Gasteiger partial charge >= 0.3 is 5.97 Å². The van der Waals surface area contributed by atoms with Crippen LogP contribution in [0.5, 0.6) is 5.75 Å². The summed E-state index contributed by atoms with van der Waals surface area (Å²) in [5, 5.41) is 3.34. The average molecular weight is 247 g/mol. The van der Waals surface area contributed by atoms with E-state index in [0.717, 1.165) is 37.2 Å². The molecule has 2 aliphatic heterocycles. The molecule has 1 aromatic rings. The molecule has 1 aromatic carbocycles. The lowest BCUT2D eigenvalue weighted by Gasteiger charge is -2.36. The van der Waals surface area contributed by atoms with E-state index in [-0.39, 0.29) is 11.4 Å². The summed E-state index contributed by atoms with van der Waals surface area (Å²) in [6, 6.07) is 7.95. The Hall–Kier alpha value is -1.55. The highest BCUT2D eigenvalue weighted by Crippen LogP contribution is 2.48. The number of hydrogen-bond donors (Lipinski definition) is 1. The van der Waals surface area contributed by atoms with Gasteiger partial charge in [0.15, 0.2) is 0 Å². The Morgan fingerprint density at radius 1 is 1.39 bits per heavy atom. The molecule has 1 N–H and O–H groups in total. The van der Waals surface area contributed by atoms with Crippen LogP contribution < -0.4 is 10.1 Å². The third kappa shape index (κ3) is 1.52. The Bertz CT molecular complexity index is 466. The maximum Gasteiger partial charge on any atom is 0.348 e. The summed E-state index contributed by atoms with van der Waals surface area (Å²) in [6.07, 6.45) is 1.31. The zero-order valence-corrected chi connectivity index (χ0v) is 10.4. The molecule has 96 valence electrons. The van der Waals surface area contributed by atoms with Crippen LogP contribution in [0.3, 0.4) is 0 Å². The second-order valence-corrected chi connectivity index (χ2v) is 4.92. The number of ether oxygens (including phenoxy) is 2.